The monoisotopic (exact) mass is 505 g/mol. The molecule has 36 heavy (non-hydrogen) atoms. The zero-order valence-corrected chi connectivity index (χ0v) is 20.8. The summed E-state index contributed by atoms with van der Waals surface area (Å²) in [7, 11) is 0. The average Bonchev–Trinajstić information content (AvgIpc) is 3.48. The van der Waals surface area contributed by atoms with E-state index in [2.05, 4.69) is 15.6 Å². The fraction of sp³-hybridized carbons (Fsp3) is 0.269. The second-order valence-corrected chi connectivity index (χ2v) is 9.07. The topological polar surface area (TPSA) is 112 Å². The molecule has 0 saturated carbocycles. The second-order valence-electron chi connectivity index (χ2n) is 8.21. The molecule has 1 aliphatic heterocycles. The van der Waals surface area contributed by atoms with Crippen LogP contribution in [0.4, 0.5) is 9.93 Å². The molecule has 2 N–H and O–H groups in total. The Bertz CT molecular complexity index is 1240. The zero-order chi connectivity index (χ0) is 25.7. The van der Waals surface area contributed by atoms with Crippen molar-refractivity contribution in [3.63, 3.8) is 0 Å². The van der Waals surface area contributed by atoms with E-state index < -0.39 is 29.9 Å². The number of carbonyl (C=O) groups is 4. The van der Waals surface area contributed by atoms with Gasteiger partial charge in [0.15, 0.2) is 5.13 Å². The summed E-state index contributed by atoms with van der Waals surface area (Å²) in [6, 6.07) is 15.4. The number of aromatic nitrogens is 1. The Morgan fingerprint density at radius 2 is 1.69 bits per heavy atom. The van der Waals surface area contributed by atoms with Gasteiger partial charge in [0, 0.05) is 24.9 Å². The van der Waals surface area contributed by atoms with E-state index in [1.807, 2.05) is 50.2 Å². The van der Waals surface area contributed by atoms with Crippen LogP contribution >= 0.6 is 11.3 Å². The third-order valence-corrected chi connectivity index (χ3v) is 6.75. The number of imide groups is 1. The maximum Gasteiger partial charge on any atom is 0.325 e. The van der Waals surface area contributed by atoms with Crippen LogP contribution in [-0.4, -0.2) is 57.7 Å². The van der Waals surface area contributed by atoms with Crippen LogP contribution in [0.25, 0.3) is 0 Å². The Morgan fingerprint density at radius 1 is 1.06 bits per heavy atom. The highest BCUT2D eigenvalue weighted by molar-refractivity contribution is 7.14. The Balaban J connectivity index is 1.58. The fourth-order valence-electron chi connectivity index (χ4n) is 4.09. The third-order valence-electron chi connectivity index (χ3n) is 5.99. The van der Waals surface area contributed by atoms with Gasteiger partial charge in [-0.1, -0.05) is 60.7 Å². The van der Waals surface area contributed by atoms with Crippen LogP contribution in [0.5, 0.6) is 0 Å². The number of anilines is 1. The summed E-state index contributed by atoms with van der Waals surface area (Å²) >= 11 is 1.12. The third kappa shape index (κ3) is 5.28. The molecular formula is C26H27N5O4S. The number of carbonyl (C=O) groups excluding carboxylic acids is 4. The first-order chi connectivity index (χ1) is 17.4. The molecule has 3 aromatic rings. The molecule has 5 amide bonds. The maximum absolute atomic E-state index is 13.4. The van der Waals surface area contributed by atoms with Crippen molar-refractivity contribution in [1.82, 2.24) is 20.1 Å². The van der Waals surface area contributed by atoms with Crippen molar-refractivity contribution in [3.8, 4) is 0 Å². The lowest BCUT2D eigenvalue weighted by atomic mass is 10.0. The Hall–Kier alpha value is -4.05. The lowest BCUT2D eigenvalue weighted by Crippen LogP contribution is -2.49. The Morgan fingerprint density at radius 3 is 2.33 bits per heavy atom. The van der Waals surface area contributed by atoms with Crippen molar-refractivity contribution in [3.05, 3.63) is 82.9 Å². The van der Waals surface area contributed by atoms with E-state index in [1.165, 1.54) is 0 Å². The van der Waals surface area contributed by atoms with Gasteiger partial charge in [-0.25, -0.2) is 14.7 Å². The minimum Gasteiger partial charge on any atom is -0.338 e. The smallest absolute Gasteiger partial charge is 0.325 e. The summed E-state index contributed by atoms with van der Waals surface area (Å²) in [5.41, 5.74) is 1.66. The quantitative estimate of drug-likeness (QED) is 0.433. The average molecular weight is 506 g/mol. The van der Waals surface area contributed by atoms with Gasteiger partial charge in [0.1, 0.15) is 17.8 Å². The van der Waals surface area contributed by atoms with Crippen molar-refractivity contribution in [2.24, 2.45) is 0 Å². The first kappa shape index (κ1) is 25.1. The fourth-order valence-corrected chi connectivity index (χ4v) is 4.78. The van der Waals surface area contributed by atoms with E-state index in [0.29, 0.717) is 18.7 Å². The molecule has 2 atom stereocenters. The standard InChI is InChI=1S/C26H27N5O4S/c1-3-30(4-2)23(33)19-16-36-25(27-19)29-22(32)20(15-17-11-7-5-8-12-17)31-24(34)21(28-26(31)35)18-13-9-6-10-14-18/h5-14,16,20-21H,3-4,15H2,1-2H3,(H,28,35)(H,27,29,32)/t20-,21?/m0/s1. The number of thiazole rings is 1. The number of amides is 5. The second kappa shape index (κ2) is 11.1. The van der Waals surface area contributed by atoms with Gasteiger partial charge in [-0.2, -0.15) is 0 Å². The Labute approximate surface area is 213 Å². The Kier molecular flexibility index (Phi) is 7.74. The van der Waals surface area contributed by atoms with Gasteiger partial charge in [0.2, 0.25) is 5.91 Å². The van der Waals surface area contributed by atoms with Crippen molar-refractivity contribution < 1.29 is 19.2 Å². The first-order valence-electron chi connectivity index (χ1n) is 11.7. The number of hydrogen-bond acceptors (Lipinski definition) is 6. The van der Waals surface area contributed by atoms with E-state index >= 15 is 0 Å². The van der Waals surface area contributed by atoms with E-state index in [1.54, 1.807) is 34.5 Å². The highest BCUT2D eigenvalue weighted by atomic mass is 32.1. The molecule has 1 aromatic heterocycles. The SMILES string of the molecule is CCN(CC)C(=O)c1csc(NC(=O)[C@H](Cc2ccccc2)N2C(=O)NC(c3ccccc3)C2=O)n1. The van der Waals surface area contributed by atoms with Gasteiger partial charge in [0.05, 0.1) is 0 Å². The van der Waals surface area contributed by atoms with Crippen molar-refractivity contribution in [2.75, 3.05) is 18.4 Å². The molecule has 0 aliphatic carbocycles. The van der Waals surface area contributed by atoms with E-state index in [0.717, 1.165) is 21.8 Å². The van der Waals surface area contributed by atoms with Crippen molar-refractivity contribution >= 4 is 40.2 Å². The van der Waals surface area contributed by atoms with Crippen LogP contribution in [-0.2, 0) is 16.0 Å². The number of rotatable bonds is 9. The zero-order valence-electron chi connectivity index (χ0n) is 20.0. The van der Waals surface area contributed by atoms with E-state index in [-0.39, 0.29) is 23.2 Å². The number of benzene rings is 2. The molecule has 4 rings (SSSR count). The molecule has 186 valence electrons. The summed E-state index contributed by atoms with van der Waals surface area (Å²) in [4.78, 5) is 59.2. The number of urea groups is 1. The summed E-state index contributed by atoms with van der Waals surface area (Å²) in [5, 5.41) is 7.21. The lowest BCUT2D eigenvalue weighted by molar-refractivity contribution is -0.134. The highest BCUT2D eigenvalue weighted by Crippen LogP contribution is 2.26. The molecular weight excluding hydrogens is 478 g/mol. The maximum atomic E-state index is 13.4. The predicted octanol–water partition coefficient (Wildman–Crippen LogP) is 3.47. The predicted molar refractivity (Wildman–Crippen MR) is 136 cm³/mol. The molecule has 10 heteroatoms. The lowest BCUT2D eigenvalue weighted by Gasteiger charge is -2.24. The van der Waals surface area contributed by atoms with Crippen LogP contribution in [0.3, 0.4) is 0 Å². The molecule has 1 fully saturated rings. The molecule has 2 aromatic carbocycles. The molecule has 1 aliphatic rings. The molecule has 9 nitrogen and oxygen atoms in total. The van der Waals surface area contributed by atoms with Crippen LogP contribution < -0.4 is 10.6 Å². The molecule has 1 saturated heterocycles. The highest BCUT2D eigenvalue weighted by Gasteiger charge is 2.45. The van der Waals surface area contributed by atoms with E-state index in [4.69, 9.17) is 0 Å². The van der Waals surface area contributed by atoms with Crippen LogP contribution in [0.15, 0.2) is 66.0 Å². The van der Waals surface area contributed by atoms with Gasteiger partial charge in [-0.3, -0.25) is 14.4 Å². The van der Waals surface area contributed by atoms with Gasteiger partial charge in [-0.05, 0) is 25.0 Å². The molecule has 2 heterocycles. The molecule has 0 bridgehead atoms. The molecule has 1 unspecified atom stereocenters. The van der Waals surface area contributed by atoms with Gasteiger partial charge < -0.3 is 15.5 Å². The first-order valence-corrected chi connectivity index (χ1v) is 12.6. The number of nitrogens with one attached hydrogen (secondary N) is 2. The van der Waals surface area contributed by atoms with E-state index in [9.17, 15) is 19.2 Å². The minimum absolute atomic E-state index is 0.129. The van der Waals surface area contributed by atoms with Crippen LogP contribution in [0.2, 0.25) is 0 Å². The summed E-state index contributed by atoms with van der Waals surface area (Å²) < 4.78 is 0. The number of nitrogens with zero attached hydrogens (tertiary/aromatic N) is 3. The van der Waals surface area contributed by atoms with Crippen molar-refractivity contribution in [1.29, 1.82) is 0 Å². The number of hydrogen-bond donors (Lipinski definition) is 2. The molecule has 0 radical (unpaired) electrons. The van der Waals surface area contributed by atoms with Gasteiger partial charge in [0.25, 0.3) is 11.8 Å². The van der Waals surface area contributed by atoms with Gasteiger partial charge in [-0.15, -0.1) is 11.3 Å². The summed E-state index contributed by atoms with van der Waals surface area (Å²) in [5.74, 6) is -1.29. The van der Waals surface area contributed by atoms with Crippen molar-refractivity contribution in [2.45, 2.75) is 32.4 Å². The van der Waals surface area contributed by atoms with Crippen LogP contribution in [0.1, 0.15) is 41.5 Å². The normalized spacial score (nSPS) is 15.9. The van der Waals surface area contributed by atoms with Gasteiger partial charge >= 0.3 is 6.03 Å². The summed E-state index contributed by atoms with van der Waals surface area (Å²) in [6.45, 7) is 4.85. The van der Waals surface area contributed by atoms with Crippen LogP contribution in [0, 0.1) is 0 Å². The summed E-state index contributed by atoms with van der Waals surface area (Å²) in [6.07, 6.45) is 0.129. The largest absolute Gasteiger partial charge is 0.338 e. The molecule has 0 spiro atoms. The minimum atomic E-state index is -1.11.